The van der Waals surface area contributed by atoms with E-state index in [4.69, 9.17) is 4.74 Å². The highest BCUT2D eigenvalue weighted by Crippen LogP contribution is 2.15. The van der Waals surface area contributed by atoms with Crippen molar-refractivity contribution in [1.29, 1.82) is 0 Å². The second-order valence-electron chi connectivity index (χ2n) is 4.36. The van der Waals surface area contributed by atoms with Crippen LogP contribution in [0, 0.1) is 6.92 Å². The molecular weight excluding hydrogens is 230 g/mol. The molecule has 100 valence electrons. The minimum Gasteiger partial charge on any atom is -0.465 e. The Morgan fingerprint density at radius 3 is 2.89 bits per heavy atom. The van der Waals surface area contributed by atoms with Gasteiger partial charge in [0.25, 0.3) is 0 Å². The molecule has 5 heteroatoms. The Balaban J connectivity index is 2.85. The zero-order chi connectivity index (χ0) is 13.5. The molecule has 1 rings (SSSR count). The largest absolute Gasteiger partial charge is 0.465 e. The van der Waals surface area contributed by atoms with E-state index in [0.717, 1.165) is 19.3 Å². The van der Waals surface area contributed by atoms with Gasteiger partial charge in [0, 0.05) is 12.2 Å². The first kappa shape index (κ1) is 14.4. The summed E-state index contributed by atoms with van der Waals surface area (Å²) in [6, 6.07) is 0.266. The second-order valence-corrected chi connectivity index (χ2v) is 4.36. The van der Waals surface area contributed by atoms with Crippen LogP contribution >= 0.6 is 0 Å². The number of aromatic nitrogens is 2. The number of nitrogens with zero attached hydrogens (tertiary/aromatic N) is 2. The number of methoxy groups -OCH3 is 1. The maximum absolute atomic E-state index is 11.6. The van der Waals surface area contributed by atoms with E-state index in [1.54, 1.807) is 6.92 Å². The van der Waals surface area contributed by atoms with Gasteiger partial charge >= 0.3 is 5.97 Å². The van der Waals surface area contributed by atoms with Crippen molar-refractivity contribution in [2.24, 2.45) is 0 Å². The van der Waals surface area contributed by atoms with Crippen molar-refractivity contribution < 1.29 is 9.53 Å². The molecule has 0 radical (unpaired) electrons. The third kappa shape index (κ3) is 3.98. The number of hydrogen-bond acceptors (Lipinski definition) is 5. The normalized spacial score (nSPS) is 12.0. The van der Waals surface area contributed by atoms with Crippen LogP contribution in [0.1, 0.15) is 49.3 Å². The maximum Gasteiger partial charge on any atom is 0.343 e. The molecule has 0 aliphatic rings. The van der Waals surface area contributed by atoms with E-state index in [0.29, 0.717) is 17.2 Å². The van der Waals surface area contributed by atoms with Gasteiger partial charge in [-0.1, -0.05) is 19.8 Å². The molecule has 0 aromatic carbocycles. The van der Waals surface area contributed by atoms with Gasteiger partial charge in [0.15, 0.2) is 0 Å². The van der Waals surface area contributed by atoms with Crippen LogP contribution in [0.25, 0.3) is 0 Å². The van der Waals surface area contributed by atoms with Gasteiger partial charge in [0.05, 0.1) is 7.11 Å². The van der Waals surface area contributed by atoms with Crippen molar-refractivity contribution in [3.63, 3.8) is 0 Å². The van der Waals surface area contributed by atoms with E-state index in [-0.39, 0.29) is 6.04 Å². The molecule has 0 saturated carbocycles. The Labute approximate surface area is 108 Å². The fraction of sp³-hybridized carbons (Fsp3) is 0.615. The van der Waals surface area contributed by atoms with Crippen molar-refractivity contribution >= 4 is 11.8 Å². The van der Waals surface area contributed by atoms with Crippen molar-refractivity contribution in [3.8, 4) is 0 Å². The van der Waals surface area contributed by atoms with Crippen molar-refractivity contribution in [1.82, 2.24) is 9.97 Å². The van der Waals surface area contributed by atoms with Gasteiger partial charge in [0.1, 0.15) is 17.2 Å². The Morgan fingerprint density at radius 2 is 2.28 bits per heavy atom. The molecule has 1 unspecified atom stereocenters. The van der Waals surface area contributed by atoms with Gasteiger partial charge in [-0.2, -0.15) is 0 Å². The van der Waals surface area contributed by atoms with Crippen LogP contribution in [0.5, 0.6) is 0 Å². The summed E-state index contributed by atoms with van der Waals surface area (Å²) in [5, 5.41) is 3.25. The summed E-state index contributed by atoms with van der Waals surface area (Å²) in [5.74, 6) is 0.769. The van der Waals surface area contributed by atoms with Crippen LogP contribution < -0.4 is 5.32 Å². The fourth-order valence-corrected chi connectivity index (χ4v) is 1.66. The van der Waals surface area contributed by atoms with Crippen molar-refractivity contribution in [2.75, 3.05) is 12.4 Å². The Morgan fingerprint density at radius 1 is 1.56 bits per heavy atom. The number of rotatable bonds is 6. The summed E-state index contributed by atoms with van der Waals surface area (Å²) in [7, 11) is 1.35. The molecule has 0 spiro atoms. The van der Waals surface area contributed by atoms with Crippen LogP contribution in [-0.2, 0) is 4.74 Å². The molecule has 1 aromatic rings. The number of esters is 1. The zero-order valence-electron chi connectivity index (χ0n) is 11.5. The number of anilines is 1. The predicted octanol–water partition coefficient (Wildman–Crippen LogP) is 2.56. The molecule has 1 N–H and O–H groups in total. The first-order valence-corrected chi connectivity index (χ1v) is 6.27. The Kier molecular flexibility index (Phi) is 5.55. The topological polar surface area (TPSA) is 64.1 Å². The predicted molar refractivity (Wildman–Crippen MR) is 70.7 cm³/mol. The molecule has 0 aliphatic carbocycles. The summed E-state index contributed by atoms with van der Waals surface area (Å²) in [6.07, 6.45) is 4.84. The highest BCUT2D eigenvalue weighted by atomic mass is 16.5. The quantitative estimate of drug-likeness (QED) is 0.787. The molecule has 0 amide bonds. The van der Waals surface area contributed by atoms with Crippen LogP contribution in [0.2, 0.25) is 0 Å². The summed E-state index contributed by atoms with van der Waals surface area (Å²) in [5.41, 5.74) is 0.381. The third-order valence-corrected chi connectivity index (χ3v) is 2.69. The van der Waals surface area contributed by atoms with Gasteiger partial charge in [-0.15, -0.1) is 0 Å². The van der Waals surface area contributed by atoms with Gasteiger partial charge in [-0.3, -0.25) is 0 Å². The number of nitrogens with one attached hydrogen (secondary N) is 1. The Hall–Kier alpha value is -1.65. The van der Waals surface area contributed by atoms with Gasteiger partial charge < -0.3 is 10.1 Å². The van der Waals surface area contributed by atoms with E-state index in [9.17, 15) is 4.79 Å². The van der Waals surface area contributed by atoms with Crippen LogP contribution in [0.15, 0.2) is 6.20 Å². The standard InChI is InChI=1S/C13H21N3O2/c1-5-6-7-9(2)15-12-11(13(17)18-4)8-14-10(3)16-12/h8-9H,5-7H2,1-4H3,(H,14,15,16). The number of hydrogen-bond donors (Lipinski definition) is 1. The van der Waals surface area contributed by atoms with E-state index < -0.39 is 5.97 Å². The second kappa shape index (κ2) is 6.93. The lowest BCUT2D eigenvalue weighted by atomic mass is 10.1. The zero-order valence-corrected chi connectivity index (χ0v) is 11.5. The van der Waals surface area contributed by atoms with E-state index in [2.05, 4.69) is 29.1 Å². The number of ether oxygens (including phenoxy) is 1. The smallest absolute Gasteiger partial charge is 0.343 e. The third-order valence-electron chi connectivity index (χ3n) is 2.69. The maximum atomic E-state index is 11.6. The number of unbranched alkanes of at least 4 members (excludes halogenated alkanes) is 1. The van der Waals surface area contributed by atoms with E-state index >= 15 is 0 Å². The highest BCUT2D eigenvalue weighted by Gasteiger charge is 2.15. The average molecular weight is 251 g/mol. The number of carbonyl (C=O) groups is 1. The van der Waals surface area contributed by atoms with E-state index in [1.165, 1.54) is 13.3 Å². The summed E-state index contributed by atoms with van der Waals surface area (Å²) < 4.78 is 4.72. The minimum absolute atomic E-state index is 0.266. The SMILES string of the molecule is CCCCC(C)Nc1nc(C)ncc1C(=O)OC. The molecular formula is C13H21N3O2. The summed E-state index contributed by atoms with van der Waals surface area (Å²) >= 11 is 0. The molecule has 0 saturated heterocycles. The van der Waals surface area contributed by atoms with Gasteiger partial charge in [-0.25, -0.2) is 14.8 Å². The lowest BCUT2D eigenvalue weighted by Crippen LogP contribution is -2.19. The van der Waals surface area contributed by atoms with Gasteiger partial charge in [0.2, 0.25) is 0 Å². The molecule has 1 atom stereocenters. The molecule has 0 aliphatic heterocycles. The molecule has 1 aromatic heterocycles. The van der Waals surface area contributed by atoms with Crippen LogP contribution in [0.3, 0.4) is 0 Å². The van der Waals surface area contributed by atoms with Gasteiger partial charge in [-0.05, 0) is 20.3 Å². The van der Waals surface area contributed by atoms with Crippen molar-refractivity contribution in [2.45, 2.75) is 46.1 Å². The average Bonchev–Trinajstić information content (AvgIpc) is 2.35. The Bertz CT molecular complexity index is 407. The minimum atomic E-state index is -0.416. The first-order valence-electron chi connectivity index (χ1n) is 6.27. The lowest BCUT2D eigenvalue weighted by Gasteiger charge is -2.16. The van der Waals surface area contributed by atoms with Crippen molar-refractivity contribution in [3.05, 3.63) is 17.6 Å². The fourth-order valence-electron chi connectivity index (χ4n) is 1.66. The van der Waals surface area contributed by atoms with Crippen LogP contribution in [-0.4, -0.2) is 29.1 Å². The molecule has 5 nitrogen and oxygen atoms in total. The highest BCUT2D eigenvalue weighted by molar-refractivity contribution is 5.94. The molecule has 0 fully saturated rings. The first-order chi connectivity index (χ1) is 8.58. The summed E-state index contributed by atoms with van der Waals surface area (Å²) in [4.78, 5) is 19.9. The van der Waals surface area contributed by atoms with Crippen LogP contribution in [0.4, 0.5) is 5.82 Å². The number of carbonyl (C=O) groups excluding carboxylic acids is 1. The number of aryl methyl sites for hydroxylation is 1. The lowest BCUT2D eigenvalue weighted by molar-refractivity contribution is 0.0601. The molecule has 1 heterocycles. The molecule has 0 bridgehead atoms. The van der Waals surface area contributed by atoms with E-state index in [1.807, 2.05) is 0 Å². The molecule has 18 heavy (non-hydrogen) atoms. The summed E-state index contributed by atoms with van der Waals surface area (Å²) in [6.45, 7) is 6.03. The monoisotopic (exact) mass is 251 g/mol.